The number of hydrogen-bond donors (Lipinski definition) is 0. The van der Waals surface area contributed by atoms with Gasteiger partial charge in [0.25, 0.3) is 0 Å². The molecule has 178 valence electrons. The van der Waals surface area contributed by atoms with Gasteiger partial charge in [0.1, 0.15) is 16.5 Å². The van der Waals surface area contributed by atoms with E-state index in [0.29, 0.717) is 19.0 Å². The zero-order valence-electron chi connectivity index (χ0n) is 20.5. The lowest BCUT2D eigenvalue weighted by Gasteiger charge is -2.35. The lowest BCUT2D eigenvalue weighted by Crippen LogP contribution is -2.48. The van der Waals surface area contributed by atoms with Crippen LogP contribution in [-0.4, -0.2) is 47.0 Å². The lowest BCUT2D eigenvalue weighted by atomic mass is 9.89. The molecule has 5 nitrogen and oxygen atoms in total. The number of aryl methyl sites for hydroxylation is 1. The molecule has 5 rings (SSSR count). The molecule has 1 fully saturated rings. The SMILES string of the molecule is CC[C@H](C)c1nc(N2CCN(C(=O)/C=C/c3ccccc3)CC2)c2c3c(sc2n1)C[C@H](C)CC3. The maximum atomic E-state index is 12.8. The molecule has 1 saturated heterocycles. The van der Waals surface area contributed by atoms with Gasteiger partial charge in [0, 0.05) is 43.1 Å². The number of piperazine rings is 1. The molecule has 1 aliphatic heterocycles. The lowest BCUT2D eigenvalue weighted by molar-refractivity contribution is -0.126. The monoisotopic (exact) mass is 474 g/mol. The fraction of sp³-hybridized carbons (Fsp3) is 0.464. The van der Waals surface area contributed by atoms with Crippen LogP contribution in [0.2, 0.25) is 0 Å². The molecule has 34 heavy (non-hydrogen) atoms. The van der Waals surface area contributed by atoms with Crippen LogP contribution in [0, 0.1) is 5.92 Å². The Morgan fingerprint density at radius 2 is 1.94 bits per heavy atom. The van der Waals surface area contributed by atoms with E-state index in [1.54, 1.807) is 6.08 Å². The van der Waals surface area contributed by atoms with Gasteiger partial charge in [0.15, 0.2) is 0 Å². The number of amides is 1. The van der Waals surface area contributed by atoms with Gasteiger partial charge in [-0.3, -0.25) is 4.79 Å². The Kier molecular flexibility index (Phi) is 6.68. The summed E-state index contributed by atoms with van der Waals surface area (Å²) in [6, 6.07) is 9.99. The normalized spacial score (nSPS) is 19.6. The number of thiophene rings is 1. The van der Waals surface area contributed by atoms with Crippen LogP contribution in [0.15, 0.2) is 36.4 Å². The quantitative estimate of drug-likeness (QED) is 0.446. The van der Waals surface area contributed by atoms with Crippen LogP contribution >= 0.6 is 11.3 Å². The standard InChI is InChI=1S/C28H34N4OS/c1-4-20(3)26-29-27(25-22-12-10-19(2)18-23(22)34-28(25)30-26)32-16-14-31(15-17-32)24(33)13-11-21-8-6-5-7-9-21/h5-9,11,13,19-20H,4,10,12,14-18H2,1-3H3/b13-11+/t19-,20+/m1/s1. The van der Waals surface area contributed by atoms with Gasteiger partial charge < -0.3 is 9.80 Å². The molecule has 0 saturated carbocycles. The van der Waals surface area contributed by atoms with Gasteiger partial charge in [0.2, 0.25) is 5.91 Å². The predicted octanol–water partition coefficient (Wildman–Crippen LogP) is 5.69. The van der Waals surface area contributed by atoms with Gasteiger partial charge in [-0.05, 0) is 48.8 Å². The first-order valence-electron chi connectivity index (χ1n) is 12.6. The first-order valence-corrected chi connectivity index (χ1v) is 13.4. The highest BCUT2D eigenvalue weighted by atomic mass is 32.1. The highest BCUT2D eigenvalue weighted by molar-refractivity contribution is 7.19. The zero-order valence-corrected chi connectivity index (χ0v) is 21.3. The molecule has 0 radical (unpaired) electrons. The van der Waals surface area contributed by atoms with Crippen LogP contribution in [0.3, 0.4) is 0 Å². The molecular weight excluding hydrogens is 440 g/mol. The Bertz CT molecular complexity index is 1190. The number of anilines is 1. The number of fused-ring (bicyclic) bond motifs is 3. The van der Waals surface area contributed by atoms with E-state index >= 15 is 0 Å². The number of aromatic nitrogens is 2. The highest BCUT2D eigenvalue weighted by Gasteiger charge is 2.28. The second-order valence-electron chi connectivity index (χ2n) is 9.80. The van der Waals surface area contributed by atoms with Crippen molar-refractivity contribution in [2.45, 2.75) is 52.4 Å². The molecule has 3 aromatic rings. The van der Waals surface area contributed by atoms with Crippen molar-refractivity contribution in [3.05, 3.63) is 58.2 Å². The average Bonchev–Trinajstić information content (AvgIpc) is 3.24. The maximum absolute atomic E-state index is 12.8. The molecule has 2 aromatic heterocycles. The number of rotatable bonds is 5. The Hall–Kier alpha value is -2.73. The van der Waals surface area contributed by atoms with Crippen LogP contribution in [0.1, 0.15) is 61.4 Å². The third-order valence-electron chi connectivity index (χ3n) is 7.32. The van der Waals surface area contributed by atoms with Crippen molar-refractivity contribution >= 4 is 39.4 Å². The molecule has 0 spiro atoms. The van der Waals surface area contributed by atoms with Gasteiger partial charge in [-0.2, -0.15) is 0 Å². The Morgan fingerprint density at radius 1 is 1.18 bits per heavy atom. The Labute approximate surface area is 206 Å². The number of carbonyl (C=O) groups is 1. The smallest absolute Gasteiger partial charge is 0.246 e. The Morgan fingerprint density at radius 3 is 2.68 bits per heavy atom. The minimum absolute atomic E-state index is 0.0820. The van der Waals surface area contributed by atoms with E-state index < -0.39 is 0 Å². The molecule has 1 amide bonds. The van der Waals surface area contributed by atoms with Crippen molar-refractivity contribution in [2.24, 2.45) is 5.92 Å². The van der Waals surface area contributed by atoms with Gasteiger partial charge >= 0.3 is 0 Å². The zero-order chi connectivity index (χ0) is 23.7. The fourth-order valence-corrected chi connectivity index (χ4v) is 6.33. The summed E-state index contributed by atoms with van der Waals surface area (Å²) in [6.45, 7) is 9.81. The summed E-state index contributed by atoms with van der Waals surface area (Å²) >= 11 is 1.88. The first-order chi connectivity index (χ1) is 16.5. The average molecular weight is 475 g/mol. The predicted molar refractivity (Wildman–Crippen MR) is 142 cm³/mol. The molecule has 3 heterocycles. The largest absolute Gasteiger partial charge is 0.352 e. The molecule has 0 bridgehead atoms. The van der Waals surface area contributed by atoms with Crippen molar-refractivity contribution in [3.8, 4) is 0 Å². The van der Waals surface area contributed by atoms with Crippen LogP contribution in [0.4, 0.5) is 5.82 Å². The number of benzene rings is 1. The summed E-state index contributed by atoms with van der Waals surface area (Å²) in [7, 11) is 0. The second-order valence-corrected chi connectivity index (χ2v) is 10.9. The molecule has 2 atom stereocenters. The summed E-state index contributed by atoms with van der Waals surface area (Å²) < 4.78 is 0. The summed E-state index contributed by atoms with van der Waals surface area (Å²) in [6.07, 6.45) is 8.15. The fourth-order valence-electron chi connectivity index (χ4n) is 4.95. The maximum Gasteiger partial charge on any atom is 0.246 e. The van der Waals surface area contributed by atoms with Crippen LogP contribution in [0.5, 0.6) is 0 Å². The van der Waals surface area contributed by atoms with E-state index in [2.05, 4.69) is 25.7 Å². The minimum atomic E-state index is 0.0820. The van der Waals surface area contributed by atoms with Crippen molar-refractivity contribution < 1.29 is 4.79 Å². The van der Waals surface area contributed by atoms with Gasteiger partial charge in [-0.25, -0.2) is 9.97 Å². The molecule has 0 N–H and O–H groups in total. The number of hydrogen-bond acceptors (Lipinski definition) is 5. The van der Waals surface area contributed by atoms with Crippen LogP contribution in [-0.2, 0) is 17.6 Å². The van der Waals surface area contributed by atoms with Gasteiger partial charge in [-0.15, -0.1) is 11.3 Å². The van der Waals surface area contributed by atoms with E-state index in [-0.39, 0.29) is 5.91 Å². The summed E-state index contributed by atoms with van der Waals surface area (Å²) in [5.41, 5.74) is 2.53. The molecule has 1 aromatic carbocycles. The highest BCUT2D eigenvalue weighted by Crippen LogP contribution is 2.41. The van der Waals surface area contributed by atoms with Crippen molar-refractivity contribution in [2.75, 3.05) is 31.1 Å². The number of nitrogens with zero attached hydrogens (tertiary/aromatic N) is 4. The molecule has 2 aliphatic rings. The third-order valence-corrected chi connectivity index (χ3v) is 8.46. The summed E-state index contributed by atoms with van der Waals surface area (Å²) in [5.74, 6) is 3.22. The number of carbonyl (C=O) groups excluding carboxylic acids is 1. The van der Waals surface area contributed by atoms with Gasteiger partial charge in [0.05, 0.1) is 5.39 Å². The summed E-state index contributed by atoms with van der Waals surface area (Å²) in [4.78, 5) is 30.0. The molecule has 0 unspecified atom stereocenters. The Balaban J connectivity index is 1.39. The van der Waals surface area contributed by atoms with E-state index in [9.17, 15) is 4.79 Å². The molecule has 6 heteroatoms. The van der Waals surface area contributed by atoms with Gasteiger partial charge in [-0.1, -0.05) is 51.1 Å². The van der Waals surface area contributed by atoms with Crippen molar-refractivity contribution in [1.29, 1.82) is 0 Å². The van der Waals surface area contributed by atoms with Crippen molar-refractivity contribution in [3.63, 3.8) is 0 Å². The molecular formula is C28H34N4OS. The molecule has 1 aliphatic carbocycles. The first kappa shape index (κ1) is 23.0. The van der Waals surface area contributed by atoms with Crippen molar-refractivity contribution in [1.82, 2.24) is 14.9 Å². The van der Waals surface area contributed by atoms with E-state index in [4.69, 9.17) is 9.97 Å². The topological polar surface area (TPSA) is 49.3 Å². The van der Waals surface area contributed by atoms with E-state index in [1.165, 1.54) is 22.2 Å². The van der Waals surface area contributed by atoms with E-state index in [1.807, 2.05) is 52.6 Å². The minimum Gasteiger partial charge on any atom is -0.352 e. The third kappa shape index (κ3) is 4.61. The van der Waals surface area contributed by atoms with Crippen LogP contribution in [0.25, 0.3) is 16.3 Å². The van der Waals surface area contributed by atoms with E-state index in [0.717, 1.165) is 60.3 Å². The van der Waals surface area contributed by atoms with Crippen LogP contribution < -0.4 is 4.90 Å². The summed E-state index contributed by atoms with van der Waals surface area (Å²) in [5, 5.41) is 1.28. The second kappa shape index (κ2) is 9.87.